The first kappa shape index (κ1) is 19.9. The molecule has 1 aliphatic heterocycles. The number of ether oxygens (including phenoxy) is 2. The van der Waals surface area contributed by atoms with Crippen molar-refractivity contribution in [2.75, 3.05) is 58.9 Å². The van der Waals surface area contributed by atoms with Crippen LogP contribution in [0.25, 0.3) is 0 Å². The van der Waals surface area contributed by atoms with Crippen molar-refractivity contribution in [3.05, 3.63) is 54.1 Å². The molecule has 3 rings (SSSR count). The van der Waals surface area contributed by atoms with Crippen LogP contribution < -0.4 is 19.7 Å². The Kier molecular flexibility index (Phi) is 7.00. The van der Waals surface area contributed by atoms with Gasteiger partial charge in [0, 0.05) is 45.5 Å². The lowest BCUT2D eigenvalue weighted by Crippen LogP contribution is -2.52. The van der Waals surface area contributed by atoms with E-state index in [1.54, 1.807) is 14.2 Å². The zero-order chi connectivity index (χ0) is 19.8. The fourth-order valence-corrected chi connectivity index (χ4v) is 3.41. The summed E-state index contributed by atoms with van der Waals surface area (Å²) in [4.78, 5) is 9.20. The average Bonchev–Trinajstić information content (AvgIpc) is 2.77. The Hall–Kier alpha value is -2.89. The molecule has 0 atom stereocenters. The second-order valence-corrected chi connectivity index (χ2v) is 6.74. The van der Waals surface area contributed by atoms with Gasteiger partial charge in [0.2, 0.25) is 0 Å². The molecule has 1 saturated heterocycles. The number of piperazine rings is 1. The van der Waals surface area contributed by atoms with Gasteiger partial charge in [0.25, 0.3) is 0 Å². The van der Waals surface area contributed by atoms with E-state index >= 15 is 0 Å². The Morgan fingerprint density at radius 3 is 2.00 bits per heavy atom. The van der Waals surface area contributed by atoms with E-state index in [1.807, 2.05) is 31.3 Å². The highest BCUT2D eigenvalue weighted by atomic mass is 16.5. The third-order valence-electron chi connectivity index (χ3n) is 5.08. The first-order valence-corrected chi connectivity index (χ1v) is 9.71. The summed E-state index contributed by atoms with van der Waals surface area (Å²) in [6.07, 6.45) is 0.953. The van der Waals surface area contributed by atoms with Crippen LogP contribution >= 0.6 is 0 Å². The molecular weight excluding hydrogens is 352 g/mol. The fraction of sp³-hybridized carbons (Fsp3) is 0.409. The van der Waals surface area contributed by atoms with Gasteiger partial charge in [-0.05, 0) is 48.4 Å². The minimum Gasteiger partial charge on any atom is -0.497 e. The molecule has 0 radical (unpaired) electrons. The number of guanidine groups is 1. The Balaban J connectivity index is 1.46. The van der Waals surface area contributed by atoms with Crippen molar-refractivity contribution in [2.45, 2.75) is 6.42 Å². The maximum Gasteiger partial charge on any atom is 0.193 e. The van der Waals surface area contributed by atoms with Crippen molar-refractivity contribution < 1.29 is 9.47 Å². The molecule has 2 aromatic carbocycles. The van der Waals surface area contributed by atoms with Gasteiger partial charge < -0.3 is 24.6 Å². The van der Waals surface area contributed by atoms with Crippen molar-refractivity contribution in [1.29, 1.82) is 0 Å². The van der Waals surface area contributed by atoms with Gasteiger partial charge >= 0.3 is 0 Å². The molecule has 1 aliphatic rings. The lowest BCUT2D eigenvalue weighted by Gasteiger charge is -2.37. The third-order valence-corrected chi connectivity index (χ3v) is 5.08. The molecule has 1 fully saturated rings. The van der Waals surface area contributed by atoms with Crippen LogP contribution in [0, 0.1) is 0 Å². The normalized spacial score (nSPS) is 14.8. The first-order chi connectivity index (χ1) is 13.7. The quantitative estimate of drug-likeness (QED) is 0.615. The van der Waals surface area contributed by atoms with Crippen LogP contribution in [-0.2, 0) is 6.42 Å². The molecule has 1 N–H and O–H groups in total. The monoisotopic (exact) mass is 382 g/mol. The van der Waals surface area contributed by atoms with E-state index in [2.05, 4.69) is 44.4 Å². The molecule has 0 spiro atoms. The summed E-state index contributed by atoms with van der Waals surface area (Å²) in [5, 5.41) is 3.50. The molecule has 28 heavy (non-hydrogen) atoms. The third kappa shape index (κ3) is 5.09. The minimum absolute atomic E-state index is 0.859. The highest BCUT2D eigenvalue weighted by Crippen LogP contribution is 2.20. The topological polar surface area (TPSA) is 49.3 Å². The largest absolute Gasteiger partial charge is 0.497 e. The van der Waals surface area contributed by atoms with Crippen molar-refractivity contribution in [2.24, 2.45) is 4.99 Å². The smallest absolute Gasteiger partial charge is 0.193 e. The zero-order valence-corrected chi connectivity index (χ0v) is 17.0. The molecule has 0 aromatic heterocycles. The summed E-state index contributed by atoms with van der Waals surface area (Å²) in [5.74, 6) is 2.76. The lowest BCUT2D eigenvalue weighted by molar-refractivity contribution is 0.373. The maximum absolute atomic E-state index is 5.24. The minimum atomic E-state index is 0.859. The van der Waals surface area contributed by atoms with Gasteiger partial charge in [0.15, 0.2) is 5.96 Å². The Labute approximate surface area is 167 Å². The molecule has 0 amide bonds. The lowest BCUT2D eigenvalue weighted by atomic mass is 10.1. The van der Waals surface area contributed by atoms with Crippen LogP contribution in [0.2, 0.25) is 0 Å². The highest BCUT2D eigenvalue weighted by molar-refractivity contribution is 5.80. The maximum atomic E-state index is 5.24. The van der Waals surface area contributed by atoms with Gasteiger partial charge in [-0.3, -0.25) is 4.99 Å². The van der Waals surface area contributed by atoms with E-state index in [1.165, 1.54) is 11.3 Å². The van der Waals surface area contributed by atoms with Gasteiger partial charge in [0.1, 0.15) is 11.5 Å². The fourth-order valence-electron chi connectivity index (χ4n) is 3.41. The molecule has 6 nitrogen and oxygen atoms in total. The molecule has 0 saturated carbocycles. The predicted molar refractivity (Wildman–Crippen MR) is 115 cm³/mol. The zero-order valence-electron chi connectivity index (χ0n) is 17.0. The van der Waals surface area contributed by atoms with Crippen LogP contribution in [0.4, 0.5) is 5.69 Å². The second-order valence-electron chi connectivity index (χ2n) is 6.74. The van der Waals surface area contributed by atoms with Gasteiger partial charge in [-0.2, -0.15) is 0 Å². The van der Waals surface area contributed by atoms with Crippen LogP contribution in [-0.4, -0.2) is 64.9 Å². The first-order valence-electron chi connectivity index (χ1n) is 9.71. The molecule has 150 valence electrons. The predicted octanol–water partition coefficient (Wildman–Crippen LogP) is 2.64. The van der Waals surface area contributed by atoms with Crippen molar-refractivity contribution in [3.63, 3.8) is 0 Å². The average molecular weight is 383 g/mol. The number of nitrogens with zero attached hydrogens (tertiary/aromatic N) is 3. The van der Waals surface area contributed by atoms with Crippen molar-refractivity contribution in [3.8, 4) is 11.5 Å². The van der Waals surface area contributed by atoms with Crippen LogP contribution in [0.5, 0.6) is 11.5 Å². The number of anilines is 1. The summed E-state index contributed by atoms with van der Waals surface area (Å²) < 4.78 is 10.5. The van der Waals surface area contributed by atoms with Gasteiger partial charge in [-0.15, -0.1) is 0 Å². The number of rotatable bonds is 6. The molecule has 2 aromatic rings. The van der Waals surface area contributed by atoms with Crippen LogP contribution in [0.3, 0.4) is 0 Å². The van der Waals surface area contributed by atoms with E-state index in [9.17, 15) is 0 Å². The summed E-state index contributed by atoms with van der Waals surface area (Å²) in [7, 11) is 5.24. The van der Waals surface area contributed by atoms with Gasteiger partial charge in [-0.1, -0.05) is 12.1 Å². The van der Waals surface area contributed by atoms with Crippen LogP contribution in [0.1, 0.15) is 5.56 Å². The number of nitrogens with one attached hydrogen (secondary N) is 1. The van der Waals surface area contributed by atoms with Crippen molar-refractivity contribution >= 4 is 11.6 Å². The van der Waals surface area contributed by atoms with Crippen molar-refractivity contribution in [1.82, 2.24) is 10.2 Å². The number of methoxy groups -OCH3 is 2. The molecule has 1 heterocycles. The van der Waals surface area contributed by atoms with E-state index < -0.39 is 0 Å². The molecular formula is C22H30N4O2. The van der Waals surface area contributed by atoms with Gasteiger partial charge in [-0.25, -0.2) is 0 Å². The number of hydrogen-bond acceptors (Lipinski definition) is 4. The summed E-state index contributed by atoms with van der Waals surface area (Å²) >= 11 is 0. The standard InChI is InChI=1S/C22H30N4O2/c1-23-22(24-13-12-18-4-8-20(27-2)9-5-18)26-16-14-25(15-17-26)19-6-10-21(28-3)11-7-19/h4-11H,12-17H2,1-3H3,(H,23,24). The van der Waals surface area contributed by atoms with Gasteiger partial charge in [0.05, 0.1) is 14.2 Å². The number of hydrogen-bond donors (Lipinski definition) is 1. The molecule has 0 unspecified atom stereocenters. The van der Waals surface area contributed by atoms with E-state index in [-0.39, 0.29) is 0 Å². The highest BCUT2D eigenvalue weighted by Gasteiger charge is 2.19. The number of aliphatic imine (C=N–C) groups is 1. The van der Waals surface area contributed by atoms with E-state index in [4.69, 9.17) is 9.47 Å². The Morgan fingerprint density at radius 1 is 0.893 bits per heavy atom. The Morgan fingerprint density at radius 2 is 1.46 bits per heavy atom. The van der Waals surface area contributed by atoms with E-state index in [0.717, 1.165) is 56.6 Å². The second kappa shape index (κ2) is 9.88. The summed E-state index contributed by atoms with van der Waals surface area (Å²) in [6.45, 7) is 4.72. The Bertz CT molecular complexity index is 751. The SMILES string of the molecule is CN=C(NCCc1ccc(OC)cc1)N1CCN(c2ccc(OC)cc2)CC1. The molecule has 0 bridgehead atoms. The molecule has 0 aliphatic carbocycles. The molecule has 6 heteroatoms. The summed E-state index contributed by atoms with van der Waals surface area (Å²) in [6, 6.07) is 16.5. The van der Waals surface area contributed by atoms with E-state index in [0.29, 0.717) is 0 Å². The summed E-state index contributed by atoms with van der Waals surface area (Å²) in [5.41, 5.74) is 2.52. The van der Waals surface area contributed by atoms with Crippen LogP contribution in [0.15, 0.2) is 53.5 Å². The number of benzene rings is 2.